The van der Waals surface area contributed by atoms with E-state index in [9.17, 15) is 9.90 Å². The van der Waals surface area contributed by atoms with Gasteiger partial charge in [-0.25, -0.2) is 0 Å². The summed E-state index contributed by atoms with van der Waals surface area (Å²) in [6.45, 7) is 7.86. The van der Waals surface area contributed by atoms with Gasteiger partial charge in [-0.15, -0.1) is 0 Å². The third-order valence-electron chi connectivity index (χ3n) is 5.12. The summed E-state index contributed by atoms with van der Waals surface area (Å²) in [5, 5.41) is 9.73. The van der Waals surface area contributed by atoms with Crippen LogP contribution in [0.3, 0.4) is 0 Å². The number of hydrogen-bond donors (Lipinski definition) is 1. The molecule has 3 heterocycles. The number of aryl methyl sites for hydroxylation is 1. The topological polar surface area (TPSA) is 65.9 Å². The lowest BCUT2D eigenvalue weighted by molar-refractivity contribution is 0.0264. The molecule has 1 amide bonds. The number of nitrogens with zero attached hydrogens (tertiary/aromatic N) is 3. The third kappa shape index (κ3) is 3.94. The van der Waals surface area contributed by atoms with E-state index in [-0.39, 0.29) is 18.4 Å². The SMILES string of the molecule is CCc1cc(C(=O)N2C[C@@H](CN3CCOCC3)[C@@H](CO)C2)ccn1. The van der Waals surface area contributed by atoms with Gasteiger partial charge in [0.15, 0.2) is 0 Å². The van der Waals surface area contributed by atoms with Crippen molar-refractivity contribution in [1.82, 2.24) is 14.8 Å². The molecule has 0 saturated carbocycles. The fourth-order valence-electron chi connectivity index (χ4n) is 3.62. The highest BCUT2D eigenvalue weighted by Gasteiger charge is 2.36. The number of pyridine rings is 1. The molecule has 2 aliphatic rings. The number of hydrogen-bond acceptors (Lipinski definition) is 5. The average molecular weight is 333 g/mol. The molecule has 0 spiro atoms. The van der Waals surface area contributed by atoms with E-state index in [1.807, 2.05) is 17.9 Å². The molecule has 2 saturated heterocycles. The lowest BCUT2D eigenvalue weighted by Crippen LogP contribution is -2.41. The van der Waals surface area contributed by atoms with Crippen molar-refractivity contribution in [2.45, 2.75) is 13.3 Å². The van der Waals surface area contributed by atoms with E-state index >= 15 is 0 Å². The number of likely N-dealkylation sites (tertiary alicyclic amines) is 1. The number of rotatable bonds is 5. The Morgan fingerprint density at radius 3 is 2.79 bits per heavy atom. The maximum absolute atomic E-state index is 12.8. The van der Waals surface area contributed by atoms with Crippen LogP contribution in [-0.4, -0.2) is 78.3 Å². The van der Waals surface area contributed by atoms with E-state index in [2.05, 4.69) is 9.88 Å². The summed E-state index contributed by atoms with van der Waals surface area (Å²) in [6.07, 6.45) is 2.52. The molecule has 2 fully saturated rings. The van der Waals surface area contributed by atoms with Crippen LogP contribution in [0.25, 0.3) is 0 Å². The van der Waals surface area contributed by atoms with Crippen molar-refractivity contribution < 1.29 is 14.6 Å². The predicted molar refractivity (Wildman–Crippen MR) is 90.8 cm³/mol. The maximum Gasteiger partial charge on any atom is 0.253 e. The van der Waals surface area contributed by atoms with Gasteiger partial charge >= 0.3 is 0 Å². The van der Waals surface area contributed by atoms with Gasteiger partial charge in [0.2, 0.25) is 0 Å². The Kier molecular flexibility index (Phi) is 5.81. The van der Waals surface area contributed by atoms with Gasteiger partial charge in [-0.2, -0.15) is 0 Å². The minimum Gasteiger partial charge on any atom is -0.396 e. The zero-order chi connectivity index (χ0) is 16.9. The molecule has 0 radical (unpaired) electrons. The number of aliphatic hydroxyl groups is 1. The summed E-state index contributed by atoms with van der Waals surface area (Å²) in [4.78, 5) is 21.3. The number of amides is 1. The van der Waals surface area contributed by atoms with Gasteiger partial charge in [-0.3, -0.25) is 14.7 Å². The van der Waals surface area contributed by atoms with Gasteiger partial charge in [0.25, 0.3) is 5.91 Å². The maximum atomic E-state index is 12.8. The Bertz CT molecular complexity index is 560. The Labute approximate surface area is 143 Å². The number of morpholine rings is 1. The number of aliphatic hydroxyl groups excluding tert-OH is 1. The van der Waals surface area contributed by atoms with Crippen molar-refractivity contribution in [3.8, 4) is 0 Å². The molecule has 1 N–H and O–H groups in total. The third-order valence-corrected chi connectivity index (χ3v) is 5.12. The Balaban J connectivity index is 1.65. The summed E-state index contributed by atoms with van der Waals surface area (Å²) in [5.74, 6) is 0.531. The Morgan fingerprint density at radius 2 is 2.08 bits per heavy atom. The summed E-state index contributed by atoms with van der Waals surface area (Å²) in [6, 6.07) is 3.66. The first-order valence-electron chi connectivity index (χ1n) is 8.86. The molecule has 3 rings (SSSR count). The molecule has 132 valence electrons. The second-order valence-electron chi connectivity index (χ2n) is 6.72. The van der Waals surface area contributed by atoms with Crippen LogP contribution in [0.4, 0.5) is 0 Å². The molecule has 6 nitrogen and oxygen atoms in total. The summed E-state index contributed by atoms with van der Waals surface area (Å²) in [7, 11) is 0. The van der Waals surface area contributed by atoms with Crippen LogP contribution in [0.2, 0.25) is 0 Å². The largest absolute Gasteiger partial charge is 0.396 e. The molecule has 6 heteroatoms. The predicted octanol–water partition coefficient (Wildman–Crippen LogP) is 0.657. The molecule has 0 aromatic carbocycles. The molecule has 2 aliphatic heterocycles. The van der Waals surface area contributed by atoms with E-state index in [0.717, 1.165) is 45.0 Å². The zero-order valence-electron chi connectivity index (χ0n) is 14.4. The van der Waals surface area contributed by atoms with Crippen LogP contribution >= 0.6 is 0 Å². The van der Waals surface area contributed by atoms with Gasteiger partial charge < -0.3 is 14.7 Å². The summed E-state index contributed by atoms with van der Waals surface area (Å²) in [5.41, 5.74) is 1.63. The Morgan fingerprint density at radius 1 is 1.33 bits per heavy atom. The first-order valence-corrected chi connectivity index (χ1v) is 8.86. The average Bonchev–Trinajstić information content (AvgIpc) is 3.04. The van der Waals surface area contributed by atoms with Gasteiger partial charge in [0, 0.05) is 62.7 Å². The fraction of sp³-hybridized carbons (Fsp3) is 0.667. The molecular weight excluding hydrogens is 306 g/mol. The van der Waals surface area contributed by atoms with E-state index in [0.29, 0.717) is 24.6 Å². The van der Waals surface area contributed by atoms with E-state index in [1.54, 1.807) is 12.3 Å². The molecule has 0 aliphatic carbocycles. The first kappa shape index (κ1) is 17.3. The monoisotopic (exact) mass is 333 g/mol. The lowest BCUT2D eigenvalue weighted by Gasteiger charge is -2.30. The van der Waals surface area contributed by atoms with E-state index in [4.69, 9.17) is 4.74 Å². The standard InChI is InChI=1S/C18H27N3O3/c1-2-17-9-14(3-4-19-17)18(23)21-11-15(16(12-21)13-22)10-20-5-7-24-8-6-20/h3-4,9,15-16,22H,2,5-8,10-13H2,1H3/t15-,16-/m1/s1. The highest BCUT2D eigenvalue weighted by molar-refractivity contribution is 5.94. The number of aromatic nitrogens is 1. The molecule has 24 heavy (non-hydrogen) atoms. The lowest BCUT2D eigenvalue weighted by atomic mass is 9.96. The van der Waals surface area contributed by atoms with Crippen LogP contribution < -0.4 is 0 Å². The number of ether oxygens (including phenoxy) is 1. The molecule has 1 aromatic heterocycles. The first-order chi connectivity index (χ1) is 11.7. The molecule has 0 bridgehead atoms. The normalized spacial score (nSPS) is 25.2. The van der Waals surface area contributed by atoms with Crippen molar-refractivity contribution in [3.63, 3.8) is 0 Å². The van der Waals surface area contributed by atoms with E-state index < -0.39 is 0 Å². The second kappa shape index (κ2) is 8.05. The quantitative estimate of drug-likeness (QED) is 0.857. The van der Waals surface area contributed by atoms with E-state index in [1.165, 1.54) is 0 Å². The second-order valence-corrected chi connectivity index (χ2v) is 6.72. The number of carbonyl (C=O) groups excluding carboxylic acids is 1. The van der Waals surface area contributed by atoms with Gasteiger partial charge in [0.05, 0.1) is 13.2 Å². The van der Waals surface area contributed by atoms with Crippen LogP contribution in [0.1, 0.15) is 23.0 Å². The van der Waals surface area contributed by atoms with Crippen LogP contribution in [0.5, 0.6) is 0 Å². The summed E-state index contributed by atoms with van der Waals surface area (Å²) >= 11 is 0. The number of carbonyl (C=O) groups is 1. The molecule has 1 aromatic rings. The highest BCUT2D eigenvalue weighted by Crippen LogP contribution is 2.26. The van der Waals surface area contributed by atoms with Gasteiger partial charge in [-0.05, 0) is 24.5 Å². The van der Waals surface area contributed by atoms with Crippen molar-refractivity contribution in [2.75, 3.05) is 52.5 Å². The van der Waals surface area contributed by atoms with Crippen molar-refractivity contribution in [2.24, 2.45) is 11.8 Å². The van der Waals surface area contributed by atoms with Gasteiger partial charge in [-0.1, -0.05) is 6.92 Å². The van der Waals surface area contributed by atoms with Crippen LogP contribution in [-0.2, 0) is 11.2 Å². The molecule has 2 atom stereocenters. The fourth-order valence-corrected chi connectivity index (χ4v) is 3.62. The van der Waals surface area contributed by atoms with Gasteiger partial charge in [0.1, 0.15) is 0 Å². The highest BCUT2D eigenvalue weighted by atomic mass is 16.5. The van der Waals surface area contributed by atoms with Crippen molar-refractivity contribution in [3.05, 3.63) is 29.6 Å². The summed E-state index contributed by atoms with van der Waals surface area (Å²) < 4.78 is 5.39. The van der Waals surface area contributed by atoms with Crippen LogP contribution in [0.15, 0.2) is 18.3 Å². The van der Waals surface area contributed by atoms with Crippen LogP contribution in [0, 0.1) is 11.8 Å². The Hall–Kier alpha value is -1.50. The molecule has 0 unspecified atom stereocenters. The minimum absolute atomic E-state index is 0.0510. The van der Waals surface area contributed by atoms with Crippen molar-refractivity contribution >= 4 is 5.91 Å². The minimum atomic E-state index is 0.0510. The smallest absolute Gasteiger partial charge is 0.253 e. The zero-order valence-corrected chi connectivity index (χ0v) is 14.4. The molecular formula is C18H27N3O3. The van der Waals surface area contributed by atoms with Crippen molar-refractivity contribution in [1.29, 1.82) is 0 Å².